The molecule has 0 spiro atoms. The molecule has 1 amide bonds. The number of carbonyl (C=O) groups is 1. The number of anilines is 1. The van der Waals surface area contributed by atoms with Crippen LogP contribution in [0.1, 0.15) is 15.9 Å². The van der Waals surface area contributed by atoms with Gasteiger partial charge in [0.2, 0.25) is 0 Å². The largest absolute Gasteiger partial charge is 0.495 e. The SMILES string of the molecule is COc1cc(C(=O)Nc2nc(-c3ccc4c(c3)CCO4)cs2)cc(OC)c1Br. The summed E-state index contributed by atoms with van der Waals surface area (Å²) in [6, 6.07) is 9.34. The number of amides is 1. The fourth-order valence-corrected chi connectivity index (χ4v) is 4.25. The maximum Gasteiger partial charge on any atom is 0.257 e. The first kappa shape index (κ1) is 18.8. The van der Waals surface area contributed by atoms with Gasteiger partial charge in [0.1, 0.15) is 21.7 Å². The zero-order valence-corrected chi connectivity index (χ0v) is 17.6. The van der Waals surface area contributed by atoms with Crippen molar-refractivity contribution in [1.29, 1.82) is 0 Å². The summed E-state index contributed by atoms with van der Waals surface area (Å²) in [5.41, 5.74) is 3.43. The monoisotopic (exact) mass is 460 g/mol. The van der Waals surface area contributed by atoms with E-state index >= 15 is 0 Å². The van der Waals surface area contributed by atoms with E-state index in [-0.39, 0.29) is 5.91 Å². The third-order valence-electron chi connectivity index (χ3n) is 4.42. The second-order valence-electron chi connectivity index (χ2n) is 6.11. The maximum atomic E-state index is 12.7. The van der Waals surface area contributed by atoms with Gasteiger partial charge in [0, 0.05) is 22.9 Å². The molecule has 0 aliphatic carbocycles. The van der Waals surface area contributed by atoms with Crippen LogP contribution in [-0.2, 0) is 6.42 Å². The Hall–Kier alpha value is -2.58. The summed E-state index contributed by atoms with van der Waals surface area (Å²) in [6.07, 6.45) is 0.907. The molecule has 0 saturated carbocycles. The predicted octanol–water partition coefficient (Wildman–Crippen LogP) is 4.78. The zero-order chi connectivity index (χ0) is 19.7. The van der Waals surface area contributed by atoms with E-state index in [4.69, 9.17) is 14.2 Å². The standard InChI is InChI=1S/C20H17BrN2O4S/c1-25-16-8-13(9-17(26-2)18(16)21)19(24)23-20-22-14(10-28-20)11-3-4-15-12(7-11)5-6-27-15/h3-4,7-10H,5-6H2,1-2H3,(H,22,23,24). The third-order valence-corrected chi connectivity index (χ3v) is 5.96. The summed E-state index contributed by atoms with van der Waals surface area (Å²) >= 11 is 4.78. The fraction of sp³-hybridized carbons (Fsp3) is 0.200. The summed E-state index contributed by atoms with van der Waals surface area (Å²) in [4.78, 5) is 17.2. The molecule has 1 N–H and O–H groups in total. The Morgan fingerprint density at radius 1 is 1.21 bits per heavy atom. The van der Waals surface area contributed by atoms with Crippen molar-refractivity contribution in [3.63, 3.8) is 0 Å². The summed E-state index contributed by atoms with van der Waals surface area (Å²) in [5.74, 6) is 1.69. The van der Waals surface area contributed by atoms with Crippen molar-refractivity contribution < 1.29 is 19.0 Å². The number of nitrogens with zero attached hydrogens (tertiary/aromatic N) is 1. The van der Waals surface area contributed by atoms with E-state index in [2.05, 4.69) is 32.3 Å². The molecule has 28 heavy (non-hydrogen) atoms. The van der Waals surface area contributed by atoms with Crippen molar-refractivity contribution in [2.24, 2.45) is 0 Å². The number of thiazole rings is 1. The normalized spacial score (nSPS) is 12.2. The van der Waals surface area contributed by atoms with Crippen LogP contribution in [0, 0.1) is 0 Å². The highest BCUT2D eigenvalue weighted by molar-refractivity contribution is 9.10. The molecule has 1 aliphatic rings. The summed E-state index contributed by atoms with van der Waals surface area (Å²) in [7, 11) is 3.08. The number of benzene rings is 2. The molecule has 1 aliphatic heterocycles. The van der Waals surface area contributed by atoms with E-state index in [0.29, 0.717) is 26.7 Å². The number of hydrogen-bond acceptors (Lipinski definition) is 6. The van der Waals surface area contributed by atoms with Crippen molar-refractivity contribution in [3.8, 4) is 28.5 Å². The molecule has 4 rings (SSSR count). The number of nitrogens with one attached hydrogen (secondary N) is 1. The maximum absolute atomic E-state index is 12.7. The van der Waals surface area contributed by atoms with Gasteiger partial charge >= 0.3 is 0 Å². The highest BCUT2D eigenvalue weighted by atomic mass is 79.9. The van der Waals surface area contributed by atoms with E-state index < -0.39 is 0 Å². The van der Waals surface area contributed by atoms with Crippen molar-refractivity contribution in [1.82, 2.24) is 4.98 Å². The first-order chi connectivity index (χ1) is 13.6. The minimum absolute atomic E-state index is 0.285. The van der Waals surface area contributed by atoms with E-state index in [1.807, 2.05) is 17.5 Å². The minimum atomic E-state index is -0.285. The molecule has 2 heterocycles. The Morgan fingerprint density at radius 2 is 1.96 bits per heavy atom. The second-order valence-corrected chi connectivity index (χ2v) is 7.76. The second kappa shape index (κ2) is 7.81. The van der Waals surface area contributed by atoms with Crippen LogP contribution < -0.4 is 19.5 Å². The molecule has 0 bridgehead atoms. The quantitative estimate of drug-likeness (QED) is 0.593. The lowest BCUT2D eigenvalue weighted by Gasteiger charge is -2.11. The smallest absolute Gasteiger partial charge is 0.257 e. The highest BCUT2D eigenvalue weighted by Gasteiger charge is 2.17. The highest BCUT2D eigenvalue weighted by Crippen LogP contribution is 2.36. The lowest BCUT2D eigenvalue weighted by molar-refractivity contribution is 0.102. The van der Waals surface area contributed by atoms with Gasteiger partial charge in [0.15, 0.2) is 5.13 Å². The van der Waals surface area contributed by atoms with Crippen LogP contribution in [0.25, 0.3) is 11.3 Å². The summed E-state index contributed by atoms with van der Waals surface area (Å²) in [6.45, 7) is 0.720. The van der Waals surface area contributed by atoms with Gasteiger partial charge in [-0.25, -0.2) is 4.98 Å². The molecule has 8 heteroatoms. The molecule has 0 radical (unpaired) electrons. The number of carbonyl (C=O) groups excluding carboxylic acids is 1. The molecule has 0 saturated heterocycles. The molecule has 144 valence electrons. The Kier molecular flexibility index (Phi) is 5.23. The van der Waals surface area contributed by atoms with Gasteiger partial charge in [-0.05, 0) is 51.8 Å². The Morgan fingerprint density at radius 3 is 2.68 bits per heavy atom. The van der Waals surface area contributed by atoms with E-state index in [9.17, 15) is 4.79 Å². The van der Waals surface area contributed by atoms with Crippen LogP contribution in [0.4, 0.5) is 5.13 Å². The Balaban J connectivity index is 1.55. The van der Waals surface area contributed by atoms with Crippen molar-refractivity contribution >= 4 is 38.3 Å². The van der Waals surface area contributed by atoms with Crippen LogP contribution in [0.15, 0.2) is 40.2 Å². The molecule has 0 atom stereocenters. The molecule has 0 fully saturated rings. The topological polar surface area (TPSA) is 69.7 Å². The van der Waals surface area contributed by atoms with E-state index in [1.54, 1.807) is 12.1 Å². The van der Waals surface area contributed by atoms with Crippen molar-refractivity contribution in [3.05, 3.63) is 51.3 Å². The average Bonchev–Trinajstić information content (AvgIpc) is 3.36. The fourth-order valence-electron chi connectivity index (χ4n) is 2.98. The first-order valence-electron chi connectivity index (χ1n) is 8.53. The van der Waals surface area contributed by atoms with E-state index in [1.165, 1.54) is 31.1 Å². The Labute approximate surface area is 174 Å². The molecule has 1 aromatic heterocycles. The zero-order valence-electron chi connectivity index (χ0n) is 15.2. The van der Waals surface area contributed by atoms with Gasteiger partial charge in [0.05, 0.1) is 26.5 Å². The first-order valence-corrected chi connectivity index (χ1v) is 10.2. The van der Waals surface area contributed by atoms with Crippen LogP contribution in [0.3, 0.4) is 0 Å². The third kappa shape index (κ3) is 3.57. The summed E-state index contributed by atoms with van der Waals surface area (Å²) < 4.78 is 16.8. The van der Waals surface area contributed by atoms with Gasteiger partial charge in [-0.1, -0.05) is 0 Å². The molecule has 6 nitrogen and oxygen atoms in total. The minimum Gasteiger partial charge on any atom is -0.495 e. The molecule has 3 aromatic rings. The number of ether oxygens (including phenoxy) is 3. The predicted molar refractivity (Wildman–Crippen MR) is 112 cm³/mol. The Bertz CT molecular complexity index is 1030. The molecular weight excluding hydrogens is 444 g/mol. The molecular formula is C20H17BrN2O4S. The van der Waals surface area contributed by atoms with Crippen LogP contribution in [-0.4, -0.2) is 31.7 Å². The van der Waals surface area contributed by atoms with Crippen molar-refractivity contribution in [2.45, 2.75) is 6.42 Å². The number of fused-ring (bicyclic) bond motifs is 1. The van der Waals surface area contributed by atoms with Gasteiger partial charge in [0.25, 0.3) is 5.91 Å². The molecule has 0 unspecified atom stereocenters. The number of methoxy groups -OCH3 is 2. The number of aromatic nitrogens is 1. The lowest BCUT2D eigenvalue weighted by atomic mass is 10.1. The number of hydrogen-bond donors (Lipinski definition) is 1. The number of rotatable bonds is 5. The average molecular weight is 461 g/mol. The number of halogens is 1. The summed E-state index contributed by atoms with van der Waals surface area (Å²) in [5, 5.41) is 5.29. The van der Waals surface area contributed by atoms with Gasteiger partial charge in [-0.15, -0.1) is 11.3 Å². The van der Waals surface area contributed by atoms with Gasteiger partial charge < -0.3 is 14.2 Å². The van der Waals surface area contributed by atoms with Gasteiger partial charge in [-0.2, -0.15) is 0 Å². The molecule has 2 aromatic carbocycles. The van der Waals surface area contributed by atoms with Crippen LogP contribution in [0.5, 0.6) is 17.2 Å². The van der Waals surface area contributed by atoms with Gasteiger partial charge in [-0.3, -0.25) is 10.1 Å². The lowest BCUT2D eigenvalue weighted by Crippen LogP contribution is -2.12. The van der Waals surface area contributed by atoms with Crippen molar-refractivity contribution in [2.75, 3.05) is 26.1 Å². The van der Waals surface area contributed by atoms with Crippen LogP contribution >= 0.6 is 27.3 Å². The van der Waals surface area contributed by atoms with Crippen LogP contribution in [0.2, 0.25) is 0 Å². The van der Waals surface area contributed by atoms with E-state index in [0.717, 1.165) is 30.0 Å².